The van der Waals surface area contributed by atoms with Crippen LogP contribution >= 0.6 is 0 Å². The summed E-state index contributed by atoms with van der Waals surface area (Å²) < 4.78 is 38.6. The van der Waals surface area contributed by atoms with Crippen LogP contribution in [0.25, 0.3) is 0 Å². The zero-order chi connectivity index (χ0) is 22.2. The molecule has 1 saturated heterocycles. The fraction of sp³-hybridized carbons (Fsp3) is 0.435. The summed E-state index contributed by atoms with van der Waals surface area (Å²) in [6.07, 6.45) is 0. The van der Waals surface area contributed by atoms with Gasteiger partial charge >= 0.3 is 0 Å². The normalized spacial score (nSPS) is 17.5. The van der Waals surface area contributed by atoms with Gasteiger partial charge in [0.2, 0.25) is 10.0 Å². The van der Waals surface area contributed by atoms with E-state index in [-0.39, 0.29) is 29.3 Å². The fourth-order valence-electron chi connectivity index (χ4n) is 3.76. The second-order valence-corrected chi connectivity index (χ2v) is 10.8. The molecule has 2 aliphatic heterocycles. The third-order valence-electron chi connectivity index (χ3n) is 5.68. The van der Waals surface area contributed by atoms with Gasteiger partial charge in [-0.3, -0.25) is 4.79 Å². The number of rotatable bonds is 3. The number of hydrogen-bond donors (Lipinski definition) is 0. The average Bonchev–Trinajstić information content (AvgIpc) is 2.78. The summed E-state index contributed by atoms with van der Waals surface area (Å²) in [7, 11) is -3.67. The second kappa shape index (κ2) is 8.16. The molecule has 2 aromatic carbocycles. The zero-order valence-electron chi connectivity index (χ0n) is 18.1. The van der Waals surface area contributed by atoms with Crippen LogP contribution in [0.3, 0.4) is 0 Å². The number of nitrogens with zero attached hydrogens (tertiary/aromatic N) is 2. The minimum Gasteiger partial charge on any atom is -0.486 e. The van der Waals surface area contributed by atoms with E-state index in [0.717, 1.165) is 0 Å². The summed E-state index contributed by atoms with van der Waals surface area (Å²) in [4.78, 5) is 14.8. The summed E-state index contributed by atoms with van der Waals surface area (Å²) in [6.45, 7) is 8.45. The molecule has 4 rings (SSSR count). The summed E-state index contributed by atoms with van der Waals surface area (Å²) >= 11 is 0. The van der Waals surface area contributed by atoms with Gasteiger partial charge in [-0.25, -0.2) is 8.42 Å². The summed E-state index contributed by atoms with van der Waals surface area (Å²) in [6, 6.07) is 12.3. The number of fused-ring (bicyclic) bond motifs is 1. The van der Waals surface area contributed by atoms with Crippen molar-refractivity contribution in [2.75, 3.05) is 39.4 Å². The van der Waals surface area contributed by atoms with Crippen molar-refractivity contribution in [3.8, 4) is 11.5 Å². The molecule has 2 aromatic rings. The number of benzene rings is 2. The van der Waals surface area contributed by atoms with E-state index in [4.69, 9.17) is 9.47 Å². The van der Waals surface area contributed by atoms with E-state index in [1.165, 1.54) is 22.0 Å². The molecule has 2 aliphatic rings. The molecule has 31 heavy (non-hydrogen) atoms. The van der Waals surface area contributed by atoms with Crippen LogP contribution in [0.5, 0.6) is 11.5 Å². The molecule has 0 atom stereocenters. The monoisotopic (exact) mass is 444 g/mol. The van der Waals surface area contributed by atoms with E-state index < -0.39 is 10.0 Å². The number of carbonyl (C=O) groups is 1. The lowest BCUT2D eigenvalue weighted by Gasteiger charge is -2.34. The first-order chi connectivity index (χ1) is 14.7. The first-order valence-electron chi connectivity index (χ1n) is 10.5. The van der Waals surface area contributed by atoms with Crippen molar-refractivity contribution in [1.82, 2.24) is 9.21 Å². The van der Waals surface area contributed by atoms with Gasteiger partial charge < -0.3 is 14.4 Å². The minimum absolute atomic E-state index is 0.0232. The summed E-state index contributed by atoms with van der Waals surface area (Å²) in [5, 5.41) is 0. The molecule has 0 spiro atoms. The Kier molecular flexibility index (Phi) is 5.70. The highest BCUT2D eigenvalue weighted by Crippen LogP contribution is 2.33. The molecule has 1 amide bonds. The van der Waals surface area contributed by atoms with E-state index >= 15 is 0 Å². The first-order valence-corrected chi connectivity index (χ1v) is 11.9. The molecule has 0 N–H and O–H groups in total. The Morgan fingerprint density at radius 1 is 0.871 bits per heavy atom. The summed E-state index contributed by atoms with van der Waals surface area (Å²) in [5.41, 5.74) is 1.81. The Balaban J connectivity index is 1.42. The predicted octanol–water partition coefficient (Wildman–Crippen LogP) is 2.90. The molecule has 0 aromatic heterocycles. The van der Waals surface area contributed by atoms with Crippen molar-refractivity contribution in [2.45, 2.75) is 31.1 Å². The second-order valence-electron chi connectivity index (χ2n) is 8.83. The number of sulfonamides is 1. The lowest BCUT2D eigenvalue weighted by atomic mass is 9.86. The maximum absolute atomic E-state index is 13.1. The van der Waals surface area contributed by atoms with E-state index in [9.17, 15) is 13.2 Å². The first kappa shape index (κ1) is 21.6. The lowest BCUT2D eigenvalue weighted by molar-refractivity contribution is 0.0698. The third kappa shape index (κ3) is 4.41. The largest absolute Gasteiger partial charge is 0.486 e. The van der Waals surface area contributed by atoms with Gasteiger partial charge in [-0.15, -0.1) is 0 Å². The van der Waals surface area contributed by atoms with Crippen LogP contribution in [0, 0.1) is 0 Å². The predicted molar refractivity (Wildman–Crippen MR) is 117 cm³/mol. The highest BCUT2D eigenvalue weighted by molar-refractivity contribution is 7.89. The summed E-state index contributed by atoms with van der Waals surface area (Å²) in [5.74, 6) is 0.926. The van der Waals surface area contributed by atoms with E-state index in [2.05, 4.69) is 20.8 Å². The third-order valence-corrected chi connectivity index (χ3v) is 7.57. The van der Waals surface area contributed by atoms with Crippen molar-refractivity contribution >= 4 is 15.9 Å². The number of ether oxygens (including phenoxy) is 2. The van der Waals surface area contributed by atoms with Gasteiger partial charge in [-0.2, -0.15) is 4.31 Å². The van der Waals surface area contributed by atoms with Gasteiger partial charge in [0.25, 0.3) is 5.91 Å². The van der Waals surface area contributed by atoms with Gasteiger partial charge in [0, 0.05) is 37.8 Å². The molecule has 7 nitrogen and oxygen atoms in total. The van der Waals surface area contributed by atoms with Crippen LogP contribution < -0.4 is 9.47 Å². The van der Waals surface area contributed by atoms with Gasteiger partial charge in [0.15, 0.2) is 11.5 Å². The van der Waals surface area contributed by atoms with Crippen LogP contribution in [-0.2, 0) is 15.4 Å². The van der Waals surface area contributed by atoms with Crippen molar-refractivity contribution in [3.63, 3.8) is 0 Å². The number of amides is 1. The van der Waals surface area contributed by atoms with Gasteiger partial charge in [-0.1, -0.05) is 32.9 Å². The molecular weight excluding hydrogens is 416 g/mol. The van der Waals surface area contributed by atoms with E-state index in [0.29, 0.717) is 43.4 Å². The van der Waals surface area contributed by atoms with E-state index in [1.807, 2.05) is 24.3 Å². The van der Waals surface area contributed by atoms with Gasteiger partial charge in [-0.05, 0) is 35.2 Å². The maximum atomic E-state index is 13.1. The van der Waals surface area contributed by atoms with Gasteiger partial charge in [0.1, 0.15) is 13.2 Å². The van der Waals surface area contributed by atoms with Crippen molar-refractivity contribution < 1.29 is 22.7 Å². The standard InChI is InChI=1S/C23H28N2O5S/c1-23(2,3)18-6-4-17(5-7-18)22(26)24-10-12-25(13-11-24)31(27,28)19-8-9-20-21(16-19)30-15-14-29-20/h4-9,16H,10-15H2,1-3H3. The molecule has 1 fully saturated rings. The molecule has 166 valence electrons. The average molecular weight is 445 g/mol. The lowest BCUT2D eigenvalue weighted by Crippen LogP contribution is -2.50. The molecule has 2 heterocycles. The Morgan fingerprint density at radius 3 is 2.10 bits per heavy atom. The smallest absolute Gasteiger partial charge is 0.253 e. The molecular formula is C23H28N2O5S. The number of carbonyl (C=O) groups excluding carboxylic acids is 1. The Labute approximate surface area is 183 Å². The molecule has 0 bridgehead atoms. The minimum atomic E-state index is -3.67. The van der Waals surface area contributed by atoms with Crippen LogP contribution in [0.4, 0.5) is 0 Å². The number of hydrogen-bond acceptors (Lipinski definition) is 5. The Hall–Kier alpha value is -2.58. The number of piperazine rings is 1. The molecule has 8 heteroatoms. The quantitative estimate of drug-likeness (QED) is 0.728. The van der Waals surface area contributed by atoms with Crippen LogP contribution in [0.1, 0.15) is 36.7 Å². The van der Waals surface area contributed by atoms with Gasteiger partial charge in [0.05, 0.1) is 4.90 Å². The molecule has 0 radical (unpaired) electrons. The fourth-order valence-corrected chi connectivity index (χ4v) is 5.20. The molecule has 0 saturated carbocycles. The van der Waals surface area contributed by atoms with Crippen LogP contribution in [-0.4, -0.2) is 62.9 Å². The zero-order valence-corrected chi connectivity index (χ0v) is 18.9. The van der Waals surface area contributed by atoms with E-state index in [1.54, 1.807) is 11.0 Å². The van der Waals surface area contributed by atoms with Crippen LogP contribution in [0.2, 0.25) is 0 Å². The Bertz CT molecular complexity index is 1070. The topological polar surface area (TPSA) is 76.2 Å². The van der Waals surface area contributed by atoms with Crippen molar-refractivity contribution in [1.29, 1.82) is 0 Å². The highest BCUT2D eigenvalue weighted by atomic mass is 32.2. The van der Waals surface area contributed by atoms with Crippen molar-refractivity contribution in [3.05, 3.63) is 53.6 Å². The molecule has 0 unspecified atom stereocenters. The van der Waals surface area contributed by atoms with Crippen LogP contribution in [0.15, 0.2) is 47.4 Å². The molecule has 0 aliphatic carbocycles. The SMILES string of the molecule is CC(C)(C)c1ccc(C(=O)N2CCN(S(=O)(=O)c3ccc4c(c3)OCCO4)CC2)cc1. The Morgan fingerprint density at radius 2 is 1.48 bits per heavy atom. The maximum Gasteiger partial charge on any atom is 0.253 e. The van der Waals surface area contributed by atoms with Crippen molar-refractivity contribution in [2.24, 2.45) is 0 Å². The highest BCUT2D eigenvalue weighted by Gasteiger charge is 2.31.